The van der Waals surface area contributed by atoms with Gasteiger partial charge in [-0.05, 0) is 53.4 Å². The minimum atomic E-state index is -0.481. The van der Waals surface area contributed by atoms with Crippen molar-refractivity contribution in [2.24, 2.45) is 0 Å². The van der Waals surface area contributed by atoms with Crippen molar-refractivity contribution in [3.63, 3.8) is 0 Å². The number of aryl methyl sites for hydroxylation is 1. The van der Waals surface area contributed by atoms with E-state index in [1.165, 1.54) is 0 Å². The van der Waals surface area contributed by atoms with Crippen LogP contribution in [0.5, 0.6) is 0 Å². The Morgan fingerprint density at radius 2 is 2.17 bits per heavy atom. The highest BCUT2D eigenvalue weighted by molar-refractivity contribution is 5.88. The van der Waals surface area contributed by atoms with Crippen LogP contribution in [0.3, 0.4) is 0 Å². The van der Waals surface area contributed by atoms with Gasteiger partial charge in [-0.25, -0.2) is 4.79 Å². The second-order valence-electron chi connectivity index (χ2n) is 7.22. The van der Waals surface area contributed by atoms with Crippen molar-refractivity contribution in [1.82, 2.24) is 10.1 Å². The summed E-state index contributed by atoms with van der Waals surface area (Å²) in [7, 11) is 0. The summed E-state index contributed by atoms with van der Waals surface area (Å²) in [5.41, 5.74) is -0.481. The number of hydrogen-bond donors (Lipinski definition) is 1. The van der Waals surface area contributed by atoms with Crippen LogP contribution in [0.1, 0.15) is 58.6 Å². The van der Waals surface area contributed by atoms with Gasteiger partial charge < -0.3 is 14.2 Å². The number of urea groups is 1. The average molecular weight is 337 g/mol. The highest BCUT2D eigenvalue weighted by Crippen LogP contribution is 2.23. The first-order valence-electron chi connectivity index (χ1n) is 8.47. The Hall–Kier alpha value is -2.05. The molecule has 1 aliphatic rings. The molecule has 1 atom stereocenters. The van der Waals surface area contributed by atoms with Gasteiger partial charge in [-0.3, -0.25) is 10.1 Å². The molecule has 2 rings (SSSR count). The fraction of sp³-hybridized carbons (Fsp3) is 0.706. The van der Waals surface area contributed by atoms with Crippen molar-refractivity contribution in [2.45, 2.75) is 71.4 Å². The van der Waals surface area contributed by atoms with Crippen molar-refractivity contribution in [3.8, 4) is 0 Å². The summed E-state index contributed by atoms with van der Waals surface area (Å²) in [6, 6.07) is 1.52. The number of nitrogens with zero attached hydrogens (tertiary/aromatic N) is 2. The van der Waals surface area contributed by atoms with Gasteiger partial charge in [0.05, 0.1) is 0 Å². The summed E-state index contributed by atoms with van der Waals surface area (Å²) in [5, 5.41) is 6.54. The number of anilines is 1. The molecule has 1 aromatic rings. The smallest absolute Gasteiger partial charge is 0.323 e. The summed E-state index contributed by atoms with van der Waals surface area (Å²) in [4.78, 5) is 26.2. The van der Waals surface area contributed by atoms with E-state index in [9.17, 15) is 9.59 Å². The number of amides is 2. The fourth-order valence-corrected chi connectivity index (χ4v) is 2.85. The number of ether oxygens (including phenoxy) is 1. The number of carbonyl (C=O) groups is 2. The Labute approximate surface area is 142 Å². The fourth-order valence-electron chi connectivity index (χ4n) is 2.85. The normalized spacial score (nSPS) is 18.3. The highest BCUT2D eigenvalue weighted by atomic mass is 16.6. The number of likely N-dealkylation sites (tertiary alicyclic amines) is 1. The van der Waals surface area contributed by atoms with Crippen LogP contribution >= 0.6 is 0 Å². The second-order valence-corrected chi connectivity index (χ2v) is 7.22. The zero-order valence-corrected chi connectivity index (χ0v) is 14.9. The molecule has 2 heterocycles. The summed E-state index contributed by atoms with van der Waals surface area (Å²) < 4.78 is 10.3. The Morgan fingerprint density at radius 1 is 1.42 bits per heavy atom. The molecule has 0 aromatic carbocycles. The first-order valence-corrected chi connectivity index (χ1v) is 8.47. The van der Waals surface area contributed by atoms with Gasteiger partial charge in [0.2, 0.25) is 0 Å². The van der Waals surface area contributed by atoms with Gasteiger partial charge >= 0.3 is 12.0 Å². The maximum Gasteiger partial charge on any atom is 0.323 e. The van der Waals surface area contributed by atoms with E-state index in [0.29, 0.717) is 31.0 Å². The molecule has 0 bridgehead atoms. The van der Waals surface area contributed by atoms with E-state index in [2.05, 4.69) is 10.5 Å². The molecule has 7 heteroatoms. The number of hydrogen-bond acceptors (Lipinski definition) is 5. The van der Waals surface area contributed by atoms with Gasteiger partial charge in [0.1, 0.15) is 11.4 Å². The second kappa shape index (κ2) is 7.68. The standard InChI is InChI=1S/C17H27N3O4/c1-12-11-14(19-24-12)18-16(22)20-10-6-5-7-13(20)8-9-15(21)23-17(2,3)4/h11,13H,5-10H2,1-4H3,(H,18,19,22)/t13-/m1/s1. The van der Waals surface area contributed by atoms with Gasteiger partial charge in [-0.15, -0.1) is 0 Å². The van der Waals surface area contributed by atoms with E-state index in [1.54, 1.807) is 17.9 Å². The summed E-state index contributed by atoms with van der Waals surface area (Å²) >= 11 is 0. The number of nitrogens with one attached hydrogen (secondary N) is 1. The van der Waals surface area contributed by atoms with Crippen molar-refractivity contribution in [3.05, 3.63) is 11.8 Å². The molecule has 0 aliphatic carbocycles. The Kier molecular flexibility index (Phi) is 5.85. The zero-order valence-electron chi connectivity index (χ0n) is 14.9. The lowest BCUT2D eigenvalue weighted by molar-refractivity contribution is -0.155. The van der Waals surface area contributed by atoms with Gasteiger partial charge in [-0.1, -0.05) is 5.16 Å². The molecular formula is C17H27N3O4. The van der Waals surface area contributed by atoms with Crippen LogP contribution in [0.25, 0.3) is 0 Å². The Bertz CT molecular complexity index is 577. The first-order chi connectivity index (χ1) is 11.2. The maximum absolute atomic E-state index is 12.5. The Morgan fingerprint density at radius 3 is 2.79 bits per heavy atom. The van der Waals surface area contributed by atoms with E-state index in [0.717, 1.165) is 19.3 Å². The first kappa shape index (κ1) is 18.3. The maximum atomic E-state index is 12.5. The van der Waals surface area contributed by atoms with Crippen LogP contribution in [-0.4, -0.2) is 40.2 Å². The van der Waals surface area contributed by atoms with Crippen molar-refractivity contribution in [1.29, 1.82) is 0 Å². The molecule has 0 saturated carbocycles. The van der Waals surface area contributed by atoms with Crippen LogP contribution < -0.4 is 5.32 Å². The highest BCUT2D eigenvalue weighted by Gasteiger charge is 2.28. The number of rotatable bonds is 4. The molecule has 2 amide bonds. The van der Waals surface area contributed by atoms with Crippen LogP contribution in [0, 0.1) is 6.92 Å². The topological polar surface area (TPSA) is 84.7 Å². The molecule has 134 valence electrons. The summed E-state index contributed by atoms with van der Waals surface area (Å²) in [6.07, 6.45) is 3.85. The van der Waals surface area contributed by atoms with Crippen LogP contribution in [0.15, 0.2) is 10.6 Å². The molecular weight excluding hydrogens is 310 g/mol. The quantitative estimate of drug-likeness (QED) is 0.850. The molecule has 1 N–H and O–H groups in total. The third-order valence-electron chi connectivity index (χ3n) is 3.85. The summed E-state index contributed by atoms with van der Waals surface area (Å²) in [6.45, 7) is 8.01. The van der Waals surface area contributed by atoms with Crippen molar-refractivity contribution < 1.29 is 18.8 Å². The van der Waals surface area contributed by atoms with E-state index in [-0.39, 0.29) is 18.0 Å². The van der Waals surface area contributed by atoms with Crippen molar-refractivity contribution >= 4 is 17.8 Å². The lowest BCUT2D eigenvalue weighted by Gasteiger charge is -2.35. The number of aromatic nitrogens is 1. The van der Waals surface area contributed by atoms with Gasteiger partial charge in [0, 0.05) is 25.1 Å². The van der Waals surface area contributed by atoms with Gasteiger partial charge in [0.25, 0.3) is 0 Å². The molecule has 0 spiro atoms. The minimum Gasteiger partial charge on any atom is -0.460 e. The monoisotopic (exact) mass is 337 g/mol. The van der Waals surface area contributed by atoms with E-state index in [4.69, 9.17) is 9.26 Å². The largest absolute Gasteiger partial charge is 0.460 e. The van der Waals surface area contributed by atoms with Crippen LogP contribution in [-0.2, 0) is 9.53 Å². The predicted molar refractivity (Wildman–Crippen MR) is 89.7 cm³/mol. The van der Waals surface area contributed by atoms with Gasteiger partial charge in [-0.2, -0.15) is 0 Å². The number of carbonyl (C=O) groups excluding carboxylic acids is 2. The SMILES string of the molecule is Cc1cc(NC(=O)N2CCCC[C@@H]2CCC(=O)OC(C)(C)C)no1. The molecule has 24 heavy (non-hydrogen) atoms. The lowest BCUT2D eigenvalue weighted by atomic mass is 9.98. The number of piperidine rings is 1. The Balaban J connectivity index is 1.89. The average Bonchev–Trinajstić information content (AvgIpc) is 2.89. The molecule has 0 radical (unpaired) electrons. The van der Waals surface area contributed by atoms with E-state index < -0.39 is 5.60 Å². The van der Waals surface area contributed by atoms with E-state index in [1.807, 2.05) is 20.8 Å². The summed E-state index contributed by atoms with van der Waals surface area (Å²) in [5.74, 6) is 0.833. The zero-order chi connectivity index (χ0) is 17.7. The van der Waals surface area contributed by atoms with E-state index >= 15 is 0 Å². The molecule has 7 nitrogen and oxygen atoms in total. The molecule has 1 fully saturated rings. The minimum absolute atomic E-state index is 0.0410. The number of esters is 1. The van der Waals surface area contributed by atoms with Crippen LogP contribution in [0.4, 0.5) is 10.6 Å². The van der Waals surface area contributed by atoms with Crippen LogP contribution in [0.2, 0.25) is 0 Å². The third-order valence-corrected chi connectivity index (χ3v) is 3.85. The predicted octanol–water partition coefficient (Wildman–Crippen LogP) is 3.49. The molecule has 0 unspecified atom stereocenters. The molecule has 1 aliphatic heterocycles. The third kappa shape index (κ3) is 5.54. The van der Waals surface area contributed by atoms with Gasteiger partial charge in [0.15, 0.2) is 5.82 Å². The van der Waals surface area contributed by atoms with Crippen molar-refractivity contribution in [2.75, 3.05) is 11.9 Å². The molecule has 1 saturated heterocycles. The molecule has 1 aromatic heterocycles. The lowest BCUT2D eigenvalue weighted by Crippen LogP contribution is -2.46.